The molecule has 31 heavy (non-hydrogen) atoms. The molecular weight excluding hydrogens is 416 g/mol. The van der Waals surface area contributed by atoms with E-state index in [0.717, 1.165) is 31.8 Å². The van der Waals surface area contributed by atoms with E-state index in [0.29, 0.717) is 18.1 Å². The predicted octanol–water partition coefficient (Wildman–Crippen LogP) is 2.58. The number of aromatic nitrogens is 1. The van der Waals surface area contributed by atoms with Crippen LogP contribution < -0.4 is 10.6 Å². The number of anilines is 1. The number of hydrogen-bond acceptors (Lipinski definition) is 7. The topological polar surface area (TPSA) is 96.7 Å². The minimum atomic E-state index is -0.387. The molecule has 3 rings (SSSR count). The SMILES string of the molecule is Cc1cc(NC(=O)C(C)SCC(=O)NCc2cccc(CN3CCOC(C)C3)c2)no1. The molecule has 2 aromatic rings. The maximum Gasteiger partial charge on any atom is 0.238 e. The fourth-order valence-corrected chi connectivity index (χ4v) is 4.03. The van der Waals surface area contributed by atoms with Crippen molar-refractivity contribution in [2.45, 2.75) is 45.2 Å². The number of benzene rings is 1. The third-order valence-corrected chi connectivity index (χ3v) is 6.07. The number of aryl methyl sites for hydroxylation is 1. The number of morpholine rings is 1. The van der Waals surface area contributed by atoms with Crippen LogP contribution in [0.2, 0.25) is 0 Å². The Morgan fingerprint density at radius 1 is 1.32 bits per heavy atom. The van der Waals surface area contributed by atoms with Gasteiger partial charge in [0, 0.05) is 32.2 Å². The second-order valence-corrected chi connectivity index (χ2v) is 9.11. The van der Waals surface area contributed by atoms with E-state index in [2.05, 4.69) is 39.7 Å². The van der Waals surface area contributed by atoms with Gasteiger partial charge in [-0.05, 0) is 31.9 Å². The van der Waals surface area contributed by atoms with Crippen LogP contribution in [0.3, 0.4) is 0 Å². The highest BCUT2D eigenvalue weighted by atomic mass is 32.2. The predicted molar refractivity (Wildman–Crippen MR) is 121 cm³/mol. The average Bonchev–Trinajstić information content (AvgIpc) is 3.15. The van der Waals surface area contributed by atoms with Crippen molar-refractivity contribution in [1.82, 2.24) is 15.4 Å². The molecule has 2 heterocycles. The summed E-state index contributed by atoms with van der Waals surface area (Å²) in [6.07, 6.45) is 0.262. The normalized spacial score (nSPS) is 17.8. The summed E-state index contributed by atoms with van der Waals surface area (Å²) in [6.45, 7) is 9.58. The molecule has 0 spiro atoms. The van der Waals surface area contributed by atoms with Crippen LogP contribution in [0.15, 0.2) is 34.9 Å². The van der Waals surface area contributed by atoms with E-state index in [1.807, 2.05) is 12.1 Å². The first-order valence-corrected chi connectivity index (χ1v) is 11.5. The van der Waals surface area contributed by atoms with Crippen LogP contribution in [0.1, 0.15) is 30.7 Å². The van der Waals surface area contributed by atoms with Gasteiger partial charge in [0.05, 0.1) is 23.7 Å². The van der Waals surface area contributed by atoms with Gasteiger partial charge in [0.1, 0.15) is 5.76 Å². The number of hydrogen-bond donors (Lipinski definition) is 2. The molecule has 1 aliphatic rings. The van der Waals surface area contributed by atoms with E-state index in [1.165, 1.54) is 17.3 Å². The lowest BCUT2D eigenvalue weighted by Crippen LogP contribution is -2.40. The first-order valence-electron chi connectivity index (χ1n) is 10.4. The van der Waals surface area contributed by atoms with Crippen LogP contribution in [-0.4, -0.2) is 58.7 Å². The molecule has 0 aliphatic carbocycles. The quantitative estimate of drug-likeness (QED) is 0.611. The van der Waals surface area contributed by atoms with Crippen LogP contribution in [0.4, 0.5) is 5.82 Å². The highest BCUT2D eigenvalue weighted by Crippen LogP contribution is 2.15. The van der Waals surface area contributed by atoms with Gasteiger partial charge in [-0.1, -0.05) is 29.4 Å². The number of rotatable bonds is 9. The summed E-state index contributed by atoms with van der Waals surface area (Å²) in [5.74, 6) is 0.896. The summed E-state index contributed by atoms with van der Waals surface area (Å²) in [4.78, 5) is 26.8. The van der Waals surface area contributed by atoms with Crippen molar-refractivity contribution in [3.05, 3.63) is 47.2 Å². The van der Waals surface area contributed by atoms with E-state index < -0.39 is 0 Å². The van der Waals surface area contributed by atoms with Crippen LogP contribution in [0, 0.1) is 6.92 Å². The van der Waals surface area contributed by atoms with Crippen molar-refractivity contribution in [3.63, 3.8) is 0 Å². The summed E-state index contributed by atoms with van der Waals surface area (Å²) in [7, 11) is 0. The molecule has 2 amide bonds. The molecule has 8 nitrogen and oxygen atoms in total. The van der Waals surface area contributed by atoms with Crippen molar-refractivity contribution in [1.29, 1.82) is 0 Å². The summed E-state index contributed by atoms with van der Waals surface area (Å²) >= 11 is 1.28. The third-order valence-electron chi connectivity index (χ3n) is 4.93. The fraction of sp³-hybridized carbons (Fsp3) is 0.500. The van der Waals surface area contributed by atoms with Crippen molar-refractivity contribution in [2.75, 3.05) is 30.8 Å². The van der Waals surface area contributed by atoms with Crippen LogP contribution in [0.25, 0.3) is 0 Å². The maximum absolute atomic E-state index is 12.2. The second-order valence-electron chi connectivity index (χ2n) is 7.78. The first-order chi connectivity index (χ1) is 14.9. The molecule has 1 aliphatic heterocycles. The Bertz CT molecular complexity index is 888. The molecule has 1 aromatic carbocycles. The number of amides is 2. The highest BCUT2D eigenvalue weighted by molar-refractivity contribution is 8.01. The van der Waals surface area contributed by atoms with Crippen molar-refractivity contribution in [2.24, 2.45) is 0 Å². The van der Waals surface area contributed by atoms with Gasteiger partial charge in [0.15, 0.2) is 5.82 Å². The van der Waals surface area contributed by atoms with Gasteiger partial charge >= 0.3 is 0 Å². The van der Waals surface area contributed by atoms with E-state index >= 15 is 0 Å². The molecule has 0 saturated carbocycles. The minimum Gasteiger partial charge on any atom is -0.376 e. The fourth-order valence-electron chi connectivity index (χ4n) is 3.31. The Labute approximate surface area is 187 Å². The number of carbonyl (C=O) groups excluding carboxylic acids is 2. The first kappa shape index (κ1) is 23.3. The zero-order chi connectivity index (χ0) is 22.2. The molecule has 9 heteroatoms. The number of nitrogens with zero attached hydrogens (tertiary/aromatic N) is 2. The third kappa shape index (κ3) is 7.68. The van der Waals surface area contributed by atoms with Crippen LogP contribution >= 0.6 is 11.8 Å². The van der Waals surface area contributed by atoms with Gasteiger partial charge in [-0.2, -0.15) is 0 Å². The van der Waals surface area contributed by atoms with Crippen molar-refractivity contribution in [3.8, 4) is 0 Å². The van der Waals surface area contributed by atoms with Crippen LogP contribution in [-0.2, 0) is 27.4 Å². The lowest BCUT2D eigenvalue weighted by Gasteiger charge is -2.31. The average molecular weight is 447 g/mol. The molecule has 1 saturated heterocycles. The zero-order valence-corrected chi connectivity index (χ0v) is 19.0. The lowest BCUT2D eigenvalue weighted by atomic mass is 10.1. The van der Waals surface area contributed by atoms with Gasteiger partial charge < -0.3 is 19.9 Å². The Morgan fingerprint density at radius 3 is 2.87 bits per heavy atom. The Hall–Kier alpha value is -2.36. The molecule has 168 valence electrons. The molecular formula is C22H30N4O4S. The molecule has 2 atom stereocenters. The van der Waals surface area contributed by atoms with Gasteiger partial charge in [-0.15, -0.1) is 11.8 Å². The number of thioether (sulfide) groups is 1. The number of carbonyl (C=O) groups is 2. The van der Waals surface area contributed by atoms with Gasteiger partial charge in [-0.25, -0.2) is 0 Å². The second kappa shape index (κ2) is 11.3. The summed E-state index contributed by atoms with van der Waals surface area (Å²) in [6, 6.07) is 9.92. The van der Waals surface area contributed by atoms with Crippen LogP contribution in [0.5, 0.6) is 0 Å². The Kier molecular flexibility index (Phi) is 8.51. The zero-order valence-electron chi connectivity index (χ0n) is 18.2. The molecule has 1 fully saturated rings. The largest absolute Gasteiger partial charge is 0.376 e. The van der Waals surface area contributed by atoms with E-state index in [-0.39, 0.29) is 28.9 Å². The molecule has 1 aromatic heterocycles. The molecule has 0 bridgehead atoms. The van der Waals surface area contributed by atoms with Crippen molar-refractivity contribution >= 4 is 29.4 Å². The van der Waals surface area contributed by atoms with Gasteiger partial charge in [-0.3, -0.25) is 14.5 Å². The van der Waals surface area contributed by atoms with E-state index in [4.69, 9.17) is 9.26 Å². The smallest absolute Gasteiger partial charge is 0.238 e. The summed E-state index contributed by atoms with van der Waals surface area (Å²) in [5.41, 5.74) is 2.29. The van der Waals surface area contributed by atoms with Gasteiger partial charge in [0.25, 0.3) is 0 Å². The van der Waals surface area contributed by atoms with E-state index in [1.54, 1.807) is 19.9 Å². The van der Waals surface area contributed by atoms with E-state index in [9.17, 15) is 9.59 Å². The lowest BCUT2D eigenvalue weighted by molar-refractivity contribution is -0.118. The monoisotopic (exact) mass is 446 g/mol. The summed E-state index contributed by atoms with van der Waals surface area (Å²) in [5, 5.41) is 8.96. The molecule has 2 N–H and O–H groups in total. The standard InChI is InChI=1S/C22H30N4O4S/c1-15-9-20(25-30-15)24-22(28)17(3)31-14-21(27)23-11-18-5-4-6-19(10-18)13-26-7-8-29-16(2)12-26/h4-6,9-10,16-17H,7-8,11-14H2,1-3H3,(H,23,27)(H,24,25,28). The molecule has 0 radical (unpaired) electrons. The number of nitrogens with one attached hydrogen (secondary N) is 2. The Balaban J connectivity index is 1.39. The maximum atomic E-state index is 12.2. The Morgan fingerprint density at radius 2 is 2.13 bits per heavy atom. The minimum absolute atomic E-state index is 0.102. The molecule has 2 unspecified atom stereocenters. The van der Waals surface area contributed by atoms with Gasteiger partial charge in [0.2, 0.25) is 11.8 Å². The highest BCUT2D eigenvalue weighted by Gasteiger charge is 2.18. The summed E-state index contributed by atoms with van der Waals surface area (Å²) < 4.78 is 10.5. The van der Waals surface area contributed by atoms with Crippen molar-refractivity contribution < 1.29 is 18.8 Å². The number of ether oxygens (including phenoxy) is 1.